The average molecular weight is 341 g/mol. The minimum absolute atomic E-state index is 0.0142. The molecule has 0 aliphatic carbocycles. The number of methoxy groups -OCH3 is 1. The number of hydrogen-bond acceptors (Lipinski definition) is 4. The van der Waals surface area contributed by atoms with Crippen LogP contribution in [0.4, 0.5) is 4.79 Å². The molecule has 2 aromatic rings. The number of carbonyl (C=O) groups is 1. The molecule has 0 fully saturated rings. The van der Waals surface area contributed by atoms with Gasteiger partial charge < -0.3 is 19.9 Å². The number of aliphatic hydroxyl groups is 1. The number of benzene rings is 2. The smallest absolute Gasteiger partial charge is 0.407 e. The molecule has 0 saturated carbocycles. The number of hydrogen-bond donors (Lipinski definition) is 2. The molecule has 0 aliphatic heterocycles. The van der Waals surface area contributed by atoms with E-state index in [9.17, 15) is 9.90 Å². The number of nitrogens with one attached hydrogen (secondary N) is 1. The van der Waals surface area contributed by atoms with Crippen molar-refractivity contribution in [3.63, 3.8) is 0 Å². The summed E-state index contributed by atoms with van der Waals surface area (Å²) in [5.41, 5.74) is 2.66. The zero-order valence-corrected chi connectivity index (χ0v) is 14.3. The quantitative estimate of drug-likeness (QED) is 0.721. The van der Waals surface area contributed by atoms with Crippen molar-refractivity contribution in [1.29, 1.82) is 0 Å². The maximum Gasteiger partial charge on any atom is 0.407 e. The van der Waals surface area contributed by atoms with Crippen LogP contribution in [0.2, 0.25) is 0 Å². The summed E-state index contributed by atoms with van der Waals surface area (Å²) in [5, 5.41) is 11.9. The third-order valence-electron chi connectivity index (χ3n) is 3.57. The first-order valence-corrected chi connectivity index (χ1v) is 8.12. The summed E-state index contributed by atoms with van der Waals surface area (Å²) in [6.45, 7) is 0.722. The molecule has 0 aromatic heterocycles. The van der Waals surface area contributed by atoms with Crippen molar-refractivity contribution in [2.45, 2.75) is 19.6 Å². The Morgan fingerprint density at radius 3 is 2.68 bits per heavy atom. The van der Waals surface area contributed by atoms with Gasteiger partial charge in [-0.3, -0.25) is 0 Å². The molecule has 5 heteroatoms. The molecule has 0 radical (unpaired) electrons. The Labute approximate surface area is 147 Å². The molecular formula is C20H23NO4. The molecule has 132 valence electrons. The molecular weight excluding hydrogens is 318 g/mol. The van der Waals surface area contributed by atoms with Gasteiger partial charge in [0.25, 0.3) is 0 Å². The molecule has 0 heterocycles. The van der Waals surface area contributed by atoms with Gasteiger partial charge in [-0.15, -0.1) is 0 Å². The molecule has 2 rings (SSSR count). The summed E-state index contributed by atoms with van der Waals surface area (Å²) in [6.07, 6.45) is 4.08. The van der Waals surface area contributed by atoms with E-state index in [1.54, 1.807) is 7.11 Å². The van der Waals surface area contributed by atoms with Crippen LogP contribution in [0.25, 0.3) is 6.08 Å². The normalized spacial score (nSPS) is 10.6. The van der Waals surface area contributed by atoms with Gasteiger partial charge >= 0.3 is 6.09 Å². The number of alkyl carbamates (subject to hydrolysis) is 1. The van der Waals surface area contributed by atoms with Crippen molar-refractivity contribution in [2.24, 2.45) is 0 Å². The van der Waals surface area contributed by atoms with Crippen LogP contribution in [0.1, 0.15) is 23.1 Å². The zero-order chi connectivity index (χ0) is 17.9. The van der Waals surface area contributed by atoms with E-state index in [2.05, 4.69) is 5.32 Å². The van der Waals surface area contributed by atoms with Crippen LogP contribution in [0, 0.1) is 0 Å². The monoisotopic (exact) mass is 341 g/mol. The molecule has 0 atom stereocenters. The van der Waals surface area contributed by atoms with Gasteiger partial charge in [0, 0.05) is 12.1 Å². The first-order chi connectivity index (χ1) is 12.2. The second-order valence-electron chi connectivity index (χ2n) is 5.41. The van der Waals surface area contributed by atoms with Gasteiger partial charge in [0.15, 0.2) is 0 Å². The van der Waals surface area contributed by atoms with Gasteiger partial charge in [-0.25, -0.2) is 4.79 Å². The van der Waals surface area contributed by atoms with E-state index >= 15 is 0 Å². The lowest BCUT2D eigenvalue weighted by molar-refractivity contribution is 0.140. The van der Waals surface area contributed by atoms with E-state index in [0.29, 0.717) is 13.0 Å². The van der Waals surface area contributed by atoms with Crippen molar-refractivity contribution >= 4 is 12.2 Å². The van der Waals surface area contributed by atoms with Crippen molar-refractivity contribution in [3.05, 3.63) is 71.3 Å². The van der Waals surface area contributed by atoms with Crippen LogP contribution in [0.5, 0.6) is 5.75 Å². The second-order valence-corrected chi connectivity index (χ2v) is 5.41. The fourth-order valence-corrected chi connectivity index (χ4v) is 2.25. The molecule has 0 aliphatic rings. The highest BCUT2D eigenvalue weighted by Crippen LogP contribution is 2.21. The van der Waals surface area contributed by atoms with Gasteiger partial charge in [0.1, 0.15) is 12.4 Å². The van der Waals surface area contributed by atoms with Crippen molar-refractivity contribution in [2.75, 3.05) is 13.7 Å². The first-order valence-electron chi connectivity index (χ1n) is 8.12. The van der Waals surface area contributed by atoms with E-state index in [1.807, 2.05) is 60.7 Å². The topological polar surface area (TPSA) is 67.8 Å². The molecule has 25 heavy (non-hydrogen) atoms. The molecule has 0 saturated heterocycles. The minimum atomic E-state index is -0.433. The summed E-state index contributed by atoms with van der Waals surface area (Å²) >= 11 is 0. The number of amides is 1. The summed E-state index contributed by atoms with van der Waals surface area (Å²) in [7, 11) is 1.61. The van der Waals surface area contributed by atoms with E-state index in [1.165, 1.54) is 0 Å². The maximum atomic E-state index is 11.6. The lowest BCUT2D eigenvalue weighted by atomic mass is 10.1. The highest BCUT2D eigenvalue weighted by Gasteiger charge is 2.02. The van der Waals surface area contributed by atoms with Gasteiger partial charge in [0.2, 0.25) is 0 Å². The predicted molar refractivity (Wildman–Crippen MR) is 97.2 cm³/mol. The summed E-state index contributed by atoms with van der Waals surface area (Å²) < 4.78 is 10.4. The Hall–Kier alpha value is -2.79. The fourth-order valence-electron chi connectivity index (χ4n) is 2.25. The van der Waals surface area contributed by atoms with E-state index in [4.69, 9.17) is 9.47 Å². The summed E-state index contributed by atoms with van der Waals surface area (Å²) in [6, 6.07) is 15.1. The van der Waals surface area contributed by atoms with Crippen molar-refractivity contribution in [1.82, 2.24) is 5.32 Å². The Kier molecular flexibility index (Phi) is 7.53. The van der Waals surface area contributed by atoms with Gasteiger partial charge in [-0.1, -0.05) is 48.6 Å². The molecule has 0 bridgehead atoms. The third kappa shape index (κ3) is 6.31. The third-order valence-corrected chi connectivity index (χ3v) is 3.57. The van der Waals surface area contributed by atoms with Crippen LogP contribution < -0.4 is 10.1 Å². The summed E-state index contributed by atoms with van der Waals surface area (Å²) in [5.74, 6) is 0.740. The lowest BCUT2D eigenvalue weighted by Crippen LogP contribution is -2.24. The van der Waals surface area contributed by atoms with Crippen molar-refractivity contribution in [3.8, 4) is 5.75 Å². The molecule has 2 N–H and O–H groups in total. The van der Waals surface area contributed by atoms with E-state index < -0.39 is 6.09 Å². The van der Waals surface area contributed by atoms with Crippen LogP contribution in [-0.2, 0) is 18.0 Å². The molecule has 0 unspecified atom stereocenters. The number of carbonyl (C=O) groups excluding carboxylic acids is 1. The SMILES string of the molecule is COc1ccc(CO)cc1C=CCCNC(=O)OCc1ccccc1. The van der Waals surface area contributed by atoms with E-state index in [0.717, 1.165) is 22.4 Å². The Balaban J connectivity index is 1.73. The first kappa shape index (κ1) is 18.5. The zero-order valence-electron chi connectivity index (χ0n) is 14.3. The van der Waals surface area contributed by atoms with Crippen LogP contribution in [0.15, 0.2) is 54.6 Å². The van der Waals surface area contributed by atoms with Gasteiger partial charge in [-0.2, -0.15) is 0 Å². The second kappa shape index (κ2) is 10.2. The standard InChI is InChI=1S/C20H23NO4/c1-24-19-11-10-17(14-22)13-18(19)9-5-6-12-21-20(23)25-15-16-7-3-2-4-8-16/h2-5,7-11,13,22H,6,12,14-15H2,1H3,(H,21,23). The number of aliphatic hydroxyl groups excluding tert-OH is 1. The molecule has 0 spiro atoms. The van der Waals surface area contributed by atoms with Crippen LogP contribution >= 0.6 is 0 Å². The summed E-state index contributed by atoms with van der Waals surface area (Å²) in [4.78, 5) is 11.6. The molecule has 5 nitrogen and oxygen atoms in total. The molecule has 1 amide bonds. The highest BCUT2D eigenvalue weighted by molar-refractivity contribution is 5.67. The molecule has 2 aromatic carbocycles. The van der Waals surface area contributed by atoms with Gasteiger partial charge in [0.05, 0.1) is 13.7 Å². The minimum Gasteiger partial charge on any atom is -0.496 e. The lowest BCUT2D eigenvalue weighted by Gasteiger charge is -2.07. The van der Waals surface area contributed by atoms with Crippen LogP contribution in [0.3, 0.4) is 0 Å². The highest BCUT2D eigenvalue weighted by atomic mass is 16.5. The average Bonchev–Trinajstić information content (AvgIpc) is 2.66. The number of ether oxygens (including phenoxy) is 2. The fraction of sp³-hybridized carbons (Fsp3) is 0.250. The van der Waals surface area contributed by atoms with E-state index in [-0.39, 0.29) is 13.2 Å². The Morgan fingerprint density at radius 1 is 1.16 bits per heavy atom. The maximum absolute atomic E-state index is 11.6. The largest absolute Gasteiger partial charge is 0.496 e. The number of rotatable bonds is 8. The predicted octanol–water partition coefficient (Wildman–Crippen LogP) is 3.52. The van der Waals surface area contributed by atoms with Crippen LogP contribution in [-0.4, -0.2) is 24.9 Å². The Bertz CT molecular complexity index is 698. The Morgan fingerprint density at radius 2 is 1.96 bits per heavy atom. The van der Waals surface area contributed by atoms with Gasteiger partial charge in [-0.05, 0) is 29.7 Å². The van der Waals surface area contributed by atoms with Crippen molar-refractivity contribution < 1.29 is 19.4 Å².